The lowest BCUT2D eigenvalue weighted by Gasteiger charge is -2.28. The molecule has 0 spiro atoms. The van der Waals surface area contributed by atoms with Gasteiger partial charge in [-0.2, -0.15) is 5.10 Å². The van der Waals surface area contributed by atoms with Crippen molar-refractivity contribution < 1.29 is 9.59 Å². The molecule has 1 aromatic carbocycles. The number of carbonyl (C=O) groups excluding carboxylic acids is 2. The van der Waals surface area contributed by atoms with Crippen molar-refractivity contribution in [2.45, 2.75) is 40.0 Å². The number of aromatic nitrogens is 2. The fourth-order valence-electron chi connectivity index (χ4n) is 3.20. The standard InChI is InChI=1S/C18H20N2O2/c1-12(21)20-15-10-18(2,3)11-16(22)17(15)14(19-20)9-13-7-5-4-6-8-13/h4-8H,9-11H2,1-3H3. The fourth-order valence-corrected chi connectivity index (χ4v) is 3.20. The molecule has 0 amide bonds. The number of rotatable bonds is 2. The quantitative estimate of drug-likeness (QED) is 0.854. The molecule has 0 unspecified atom stereocenters. The smallest absolute Gasteiger partial charge is 0.243 e. The fraction of sp³-hybridized carbons (Fsp3) is 0.389. The lowest BCUT2D eigenvalue weighted by atomic mass is 9.75. The first-order valence-electron chi connectivity index (χ1n) is 7.56. The number of benzene rings is 1. The van der Waals surface area contributed by atoms with Gasteiger partial charge in [-0.1, -0.05) is 44.2 Å². The summed E-state index contributed by atoms with van der Waals surface area (Å²) >= 11 is 0. The van der Waals surface area contributed by atoms with Crippen LogP contribution in [0, 0.1) is 5.41 Å². The highest BCUT2D eigenvalue weighted by Crippen LogP contribution is 2.36. The van der Waals surface area contributed by atoms with Crippen LogP contribution in [0.5, 0.6) is 0 Å². The minimum absolute atomic E-state index is 0.102. The highest BCUT2D eigenvalue weighted by Gasteiger charge is 2.36. The molecule has 0 saturated heterocycles. The van der Waals surface area contributed by atoms with Gasteiger partial charge in [-0.15, -0.1) is 0 Å². The summed E-state index contributed by atoms with van der Waals surface area (Å²) in [4.78, 5) is 24.5. The molecule has 1 heterocycles. The van der Waals surface area contributed by atoms with Crippen molar-refractivity contribution in [3.63, 3.8) is 0 Å². The Labute approximate surface area is 130 Å². The van der Waals surface area contributed by atoms with Crippen LogP contribution in [0.3, 0.4) is 0 Å². The minimum atomic E-state index is -0.138. The van der Waals surface area contributed by atoms with Crippen LogP contribution in [-0.2, 0) is 12.8 Å². The average molecular weight is 296 g/mol. The summed E-state index contributed by atoms with van der Waals surface area (Å²) in [6.07, 6.45) is 1.79. The van der Waals surface area contributed by atoms with Crippen LogP contribution in [0.15, 0.2) is 30.3 Å². The zero-order valence-corrected chi connectivity index (χ0v) is 13.2. The molecule has 0 saturated carbocycles. The monoisotopic (exact) mass is 296 g/mol. The topological polar surface area (TPSA) is 52.0 Å². The van der Waals surface area contributed by atoms with E-state index in [1.54, 1.807) is 0 Å². The molecular formula is C18H20N2O2. The second kappa shape index (κ2) is 5.20. The minimum Gasteiger partial charge on any atom is -0.294 e. The van der Waals surface area contributed by atoms with E-state index >= 15 is 0 Å². The van der Waals surface area contributed by atoms with Gasteiger partial charge in [0.15, 0.2) is 5.78 Å². The predicted molar refractivity (Wildman–Crippen MR) is 84.2 cm³/mol. The SMILES string of the molecule is CC(=O)n1nc(Cc2ccccc2)c2c1CC(C)(C)CC2=O. The van der Waals surface area contributed by atoms with Crippen molar-refractivity contribution in [1.29, 1.82) is 0 Å². The summed E-state index contributed by atoms with van der Waals surface area (Å²) in [7, 11) is 0. The summed E-state index contributed by atoms with van der Waals surface area (Å²) in [6, 6.07) is 9.91. The van der Waals surface area contributed by atoms with Gasteiger partial charge < -0.3 is 0 Å². The molecule has 114 valence electrons. The second-order valence-electron chi connectivity index (χ2n) is 6.80. The highest BCUT2D eigenvalue weighted by molar-refractivity contribution is 6.00. The summed E-state index contributed by atoms with van der Waals surface area (Å²) in [6.45, 7) is 5.61. The van der Waals surface area contributed by atoms with Crippen LogP contribution in [0.25, 0.3) is 0 Å². The van der Waals surface area contributed by atoms with Crippen LogP contribution in [0.2, 0.25) is 0 Å². The van der Waals surface area contributed by atoms with E-state index in [0.717, 1.165) is 17.0 Å². The molecule has 22 heavy (non-hydrogen) atoms. The van der Waals surface area contributed by atoms with Crippen LogP contribution in [0.1, 0.15) is 59.3 Å². The number of fused-ring (bicyclic) bond motifs is 1. The van der Waals surface area contributed by atoms with Crippen molar-refractivity contribution in [1.82, 2.24) is 9.78 Å². The molecule has 0 bridgehead atoms. The molecule has 0 fully saturated rings. The number of ketones is 1. The van der Waals surface area contributed by atoms with Gasteiger partial charge in [-0.3, -0.25) is 9.59 Å². The van der Waals surface area contributed by atoms with Crippen LogP contribution < -0.4 is 0 Å². The van der Waals surface area contributed by atoms with E-state index in [4.69, 9.17) is 0 Å². The number of hydrogen-bond acceptors (Lipinski definition) is 3. The van der Waals surface area contributed by atoms with E-state index in [1.165, 1.54) is 11.6 Å². The summed E-state index contributed by atoms with van der Waals surface area (Å²) < 4.78 is 1.42. The van der Waals surface area contributed by atoms with Gasteiger partial charge in [0.25, 0.3) is 0 Å². The van der Waals surface area contributed by atoms with Crippen molar-refractivity contribution in [2.24, 2.45) is 5.41 Å². The van der Waals surface area contributed by atoms with Crippen LogP contribution >= 0.6 is 0 Å². The first-order chi connectivity index (χ1) is 10.4. The lowest BCUT2D eigenvalue weighted by Crippen LogP contribution is -2.29. The Morgan fingerprint density at radius 1 is 1.23 bits per heavy atom. The first-order valence-corrected chi connectivity index (χ1v) is 7.56. The maximum absolute atomic E-state index is 12.6. The van der Waals surface area contributed by atoms with E-state index in [0.29, 0.717) is 24.8 Å². The van der Waals surface area contributed by atoms with Crippen molar-refractivity contribution in [3.8, 4) is 0 Å². The third-order valence-electron chi connectivity index (χ3n) is 4.13. The van der Waals surface area contributed by atoms with Gasteiger partial charge in [-0.25, -0.2) is 4.68 Å². The maximum atomic E-state index is 12.6. The Balaban J connectivity index is 2.09. The Hall–Kier alpha value is -2.23. The van der Waals surface area contributed by atoms with Crippen molar-refractivity contribution in [2.75, 3.05) is 0 Å². The molecule has 0 aliphatic heterocycles. The highest BCUT2D eigenvalue weighted by atomic mass is 16.2. The van der Waals surface area contributed by atoms with E-state index in [2.05, 4.69) is 18.9 Å². The largest absolute Gasteiger partial charge is 0.294 e. The molecule has 4 nitrogen and oxygen atoms in total. The lowest BCUT2D eigenvalue weighted by molar-refractivity contribution is 0.0895. The molecule has 0 radical (unpaired) electrons. The average Bonchev–Trinajstić information content (AvgIpc) is 2.77. The molecular weight excluding hydrogens is 276 g/mol. The van der Waals surface area contributed by atoms with Crippen LogP contribution in [-0.4, -0.2) is 21.5 Å². The third-order valence-corrected chi connectivity index (χ3v) is 4.13. The van der Waals surface area contributed by atoms with Gasteiger partial charge in [0.2, 0.25) is 5.91 Å². The van der Waals surface area contributed by atoms with E-state index < -0.39 is 0 Å². The van der Waals surface area contributed by atoms with Crippen molar-refractivity contribution >= 4 is 11.7 Å². The van der Waals surface area contributed by atoms with Gasteiger partial charge in [0.05, 0.1) is 17.0 Å². The zero-order chi connectivity index (χ0) is 15.9. The molecule has 2 aromatic rings. The predicted octanol–water partition coefficient (Wildman–Crippen LogP) is 3.29. The molecule has 4 heteroatoms. The summed E-state index contributed by atoms with van der Waals surface area (Å²) in [5.74, 6) is -0.0363. The molecule has 3 rings (SSSR count). The Bertz CT molecular complexity index is 742. The summed E-state index contributed by atoms with van der Waals surface area (Å²) in [5.41, 5.74) is 3.13. The van der Waals surface area contributed by atoms with Gasteiger partial charge in [0.1, 0.15) is 0 Å². The zero-order valence-electron chi connectivity index (χ0n) is 13.2. The number of Topliss-reactive ketones (excluding diaryl/α,β-unsaturated/α-hetero) is 1. The molecule has 1 aliphatic rings. The molecule has 1 aliphatic carbocycles. The van der Waals surface area contributed by atoms with E-state index in [9.17, 15) is 9.59 Å². The Morgan fingerprint density at radius 2 is 1.91 bits per heavy atom. The Kier molecular flexibility index (Phi) is 3.47. The Morgan fingerprint density at radius 3 is 2.55 bits per heavy atom. The number of hydrogen-bond donors (Lipinski definition) is 0. The van der Waals surface area contributed by atoms with E-state index in [-0.39, 0.29) is 17.1 Å². The number of carbonyl (C=O) groups is 2. The second-order valence-corrected chi connectivity index (χ2v) is 6.80. The van der Waals surface area contributed by atoms with E-state index in [1.807, 2.05) is 30.3 Å². The normalized spacial score (nSPS) is 16.4. The molecule has 0 N–H and O–H groups in total. The number of nitrogens with zero attached hydrogens (tertiary/aromatic N) is 2. The molecule has 0 atom stereocenters. The summed E-state index contributed by atoms with van der Waals surface area (Å²) in [5, 5.41) is 4.45. The van der Waals surface area contributed by atoms with Gasteiger partial charge >= 0.3 is 0 Å². The van der Waals surface area contributed by atoms with Gasteiger partial charge in [-0.05, 0) is 17.4 Å². The van der Waals surface area contributed by atoms with Gasteiger partial charge in [0, 0.05) is 19.8 Å². The first kappa shape index (κ1) is 14.7. The maximum Gasteiger partial charge on any atom is 0.243 e. The van der Waals surface area contributed by atoms with Crippen LogP contribution in [0.4, 0.5) is 0 Å². The third kappa shape index (κ3) is 2.61. The molecule has 1 aromatic heterocycles. The van der Waals surface area contributed by atoms with Crippen molar-refractivity contribution in [3.05, 3.63) is 52.8 Å².